The molecule has 0 bridgehead atoms. The number of benzene rings is 1. The first-order valence-electron chi connectivity index (χ1n) is 10.2. The number of β-amino-alcohol motifs (C(OH)–C–C–N with tert-alkyl or cyclic N) is 1. The maximum atomic E-state index is 13.5. The molecule has 2 aliphatic heterocycles. The van der Waals surface area contributed by atoms with Crippen molar-refractivity contribution in [3.8, 4) is 0 Å². The number of hydrogen-bond donors (Lipinski definition) is 1. The molecule has 0 saturated carbocycles. The zero-order chi connectivity index (χ0) is 18.8. The standard InChI is InChI=1S/C21H31FN4O/c1-23-20(15-17-14-18(22)2-3-21(17)23)16-25-6-4-19(5-7-25)26-10-8-24(9-11-26)12-13-27/h2-3,14-15,19,27H,4-13,16H2,1H3. The number of likely N-dealkylation sites (tertiary alicyclic amines) is 1. The van der Waals surface area contributed by atoms with Crippen molar-refractivity contribution in [2.45, 2.75) is 25.4 Å². The Balaban J connectivity index is 1.31. The Morgan fingerprint density at radius 1 is 1.00 bits per heavy atom. The van der Waals surface area contributed by atoms with Crippen molar-refractivity contribution in [3.63, 3.8) is 0 Å². The molecule has 2 fully saturated rings. The molecule has 6 heteroatoms. The summed E-state index contributed by atoms with van der Waals surface area (Å²) in [6.45, 7) is 8.65. The molecule has 1 aromatic carbocycles. The summed E-state index contributed by atoms with van der Waals surface area (Å²) in [6, 6.07) is 7.86. The lowest BCUT2D eigenvalue weighted by molar-refractivity contribution is 0.0513. The monoisotopic (exact) mass is 374 g/mol. The number of aliphatic hydroxyl groups is 1. The molecule has 3 heterocycles. The Hall–Kier alpha value is -1.47. The molecule has 0 amide bonds. The second kappa shape index (κ2) is 8.27. The van der Waals surface area contributed by atoms with Gasteiger partial charge in [-0.2, -0.15) is 0 Å². The van der Waals surface area contributed by atoms with Crippen LogP contribution < -0.4 is 0 Å². The maximum Gasteiger partial charge on any atom is 0.123 e. The van der Waals surface area contributed by atoms with Crippen LogP contribution >= 0.6 is 0 Å². The Bertz CT molecular complexity index is 761. The van der Waals surface area contributed by atoms with Crippen LogP contribution in [0.15, 0.2) is 24.3 Å². The fourth-order valence-corrected chi connectivity index (χ4v) is 4.69. The Kier molecular flexibility index (Phi) is 5.78. The average Bonchev–Trinajstić information content (AvgIpc) is 2.98. The van der Waals surface area contributed by atoms with E-state index in [9.17, 15) is 4.39 Å². The van der Waals surface area contributed by atoms with Gasteiger partial charge in [-0.3, -0.25) is 14.7 Å². The molecule has 27 heavy (non-hydrogen) atoms. The minimum absolute atomic E-state index is 0.167. The van der Waals surface area contributed by atoms with Gasteiger partial charge in [-0.15, -0.1) is 0 Å². The summed E-state index contributed by atoms with van der Waals surface area (Å²) < 4.78 is 15.7. The van der Waals surface area contributed by atoms with Crippen molar-refractivity contribution >= 4 is 10.9 Å². The maximum absolute atomic E-state index is 13.5. The van der Waals surface area contributed by atoms with Crippen LogP contribution in [-0.2, 0) is 13.6 Å². The number of hydrogen-bond acceptors (Lipinski definition) is 4. The zero-order valence-corrected chi connectivity index (χ0v) is 16.3. The van der Waals surface area contributed by atoms with E-state index in [0.29, 0.717) is 6.04 Å². The number of piperidine rings is 1. The zero-order valence-electron chi connectivity index (χ0n) is 16.3. The van der Waals surface area contributed by atoms with Crippen LogP contribution in [-0.4, -0.2) is 82.8 Å². The van der Waals surface area contributed by atoms with Gasteiger partial charge in [0.15, 0.2) is 0 Å². The number of aryl methyl sites for hydroxylation is 1. The molecule has 0 unspecified atom stereocenters. The lowest BCUT2D eigenvalue weighted by atomic mass is 10.0. The smallest absolute Gasteiger partial charge is 0.123 e. The lowest BCUT2D eigenvalue weighted by Gasteiger charge is -2.42. The number of nitrogens with zero attached hydrogens (tertiary/aromatic N) is 4. The van der Waals surface area contributed by atoms with Gasteiger partial charge in [-0.05, 0) is 37.1 Å². The number of rotatable bonds is 5. The predicted octanol–water partition coefficient (Wildman–Crippen LogP) is 1.89. The van der Waals surface area contributed by atoms with Crippen LogP contribution in [0.25, 0.3) is 10.9 Å². The molecule has 0 aliphatic carbocycles. The fraction of sp³-hybridized carbons (Fsp3) is 0.619. The number of piperazine rings is 1. The molecule has 2 saturated heterocycles. The van der Waals surface area contributed by atoms with E-state index < -0.39 is 0 Å². The van der Waals surface area contributed by atoms with Gasteiger partial charge in [0.25, 0.3) is 0 Å². The van der Waals surface area contributed by atoms with Crippen LogP contribution in [0.3, 0.4) is 0 Å². The molecule has 0 atom stereocenters. The van der Waals surface area contributed by atoms with Gasteiger partial charge >= 0.3 is 0 Å². The molecule has 1 N–H and O–H groups in total. The number of halogens is 1. The molecular weight excluding hydrogens is 343 g/mol. The van der Waals surface area contributed by atoms with E-state index in [2.05, 4.69) is 32.4 Å². The fourth-order valence-electron chi connectivity index (χ4n) is 4.69. The highest BCUT2D eigenvalue weighted by Gasteiger charge is 2.27. The Morgan fingerprint density at radius 2 is 1.74 bits per heavy atom. The average molecular weight is 375 g/mol. The van der Waals surface area contributed by atoms with Gasteiger partial charge in [-0.25, -0.2) is 4.39 Å². The van der Waals surface area contributed by atoms with Crippen LogP contribution in [0.2, 0.25) is 0 Å². The van der Waals surface area contributed by atoms with E-state index in [-0.39, 0.29) is 12.4 Å². The second-order valence-electron chi connectivity index (χ2n) is 8.01. The van der Waals surface area contributed by atoms with Crippen molar-refractivity contribution in [3.05, 3.63) is 35.8 Å². The molecule has 4 rings (SSSR count). The molecule has 2 aliphatic rings. The molecule has 2 aromatic rings. The summed E-state index contributed by atoms with van der Waals surface area (Å²) in [5.74, 6) is -0.167. The van der Waals surface area contributed by atoms with E-state index in [0.717, 1.165) is 63.3 Å². The van der Waals surface area contributed by atoms with Crippen molar-refractivity contribution < 1.29 is 9.50 Å². The summed E-state index contributed by atoms with van der Waals surface area (Å²) in [6.07, 6.45) is 2.44. The van der Waals surface area contributed by atoms with Crippen LogP contribution in [0, 0.1) is 5.82 Å². The Labute approximate surface area is 161 Å². The van der Waals surface area contributed by atoms with Gasteiger partial charge in [-0.1, -0.05) is 0 Å². The number of aromatic nitrogens is 1. The number of aliphatic hydroxyl groups excluding tert-OH is 1. The van der Waals surface area contributed by atoms with Crippen LogP contribution in [0.4, 0.5) is 4.39 Å². The summed E-state index contributed by atoms with van der Waals surface area (Å²) in [5, 5.41) is 10.1. The van der Waals surface area contributed by atoms with Crippen molar-refractivity contribution in [2.75, 3.05) is 52.4 Å². The van der Waals surface area contributed by atoms with Gasteiger partial charge in [0.2, 0.25) is 0 Å². The van der Waals surface area contributed by atoms with Crippen molar-refractivity contribution in [1.29, 1.82) is 0 Å². The van der Waals surface area contributed by atoms with Gasteiger partial charge in [0.05, 0.1) is 6.61 Å². The van der Waals surface area contributed by atoms with E-state index >= 15 is 0 Å². The van der Waals surface area contributed by atoms with E-state index in [1.807, 2.05) is 6.07 Å². The predicted molar refractivity (Wildman–Crippen MR) is 106 cm³/mol. The molecular formula is C21H31FN4O. The van der Waals surface area contributed by atoms with E-state index in [4.69, 9.17) is 5.11 Å². The minimum Gasteiger partial charge on any atom is -0.395 e. The number of fused-ring (bicyclic) bond motifs is 1. The quantitative estimate of drug-likeness (QED) is 0.867. The first-order chi connectivity index (χ1) is 13.1. The van der Waals surface area contributed by atoms with Crippen molar-refractivity contribution in [2.24, 2.45) is 7.05 Å². The molecule has 5 nitrogen and oxygen atoms in total. The summed E-state index contributed by atoms with van der Waals surface area (Å²) >= 11 is 0. The van der Waals surface area contributed by atoms with Gasteiger partial charge < -0.3 is 9.67 Å². The Morgan fingerprint density at radius 3 is 2.44 bits per heavy atom. The highest BCUT2D eigenvalue weighted by molar-refractivity contribution is 5.81. The molecule has 1 aromatic heterocycles. The van der Waals surface area contributed by atoms with Crippen molar-refractivity contribution in [1.82, 2.24) is 19.3 Å². The second-order valence-corrected chi connectivity index (χ2v) is 8.01. The molecule has 0 radical (unpaired) electrons. The van der Waals surface area contributed by atoms with Crippen LogP contribution in [0.1, 0.15) is 18.5 Å². The summed E-state index contributed by atoms with van der Waals surface area (Å²) in [5.41, 5.74) is 2.36. The van der Waals surface area contributed by atoms with E-state index in [1.54, 1.807) is 6.07 Å². The highest BCUT2D eigenvalue weighted by Crippen LogP contribution is 2.24. The first-order valence-corrected chi connectivity index (χ1v) is 10.2. The molecule has 148 valence electrons. The minimum atomic E-state index is -0.167. The summed E-state index contributed by atoms with van der Waals surface area (Å²) in [4.78, 5) is 7.53. The summed E-state index contributed by atoms with van der Waals surface area (Å²) in [7, 11) is 2.08. The SMILES string of the molecule is Cn1c(CN2CCC(N3CCN(CCO)CC3)CC2)cc2cc(F)ccc21. The third kappa shape index (κ3) is 4.19. The third-order valence-corrected chi connectivity index (χ3v) is 6.39. The van der Waals surface area contributed by atoms with Gasteiger partial charge in [0.1, 0.15) is 5.82 Å². The third-order valence-electron chi connectivity index (χ3n) is 6.39. The highest BCUT2D eigenvalue weighted by atomic mass is 19.1. The normalized spacial score (nSPS) is 21.3. The lowest BCUT2D eigenvalue weighted by Crippen LogP contribution is -2.53. The molecule has 0 spiro atoms. The van der Waals surface area contributed by atoms with Crippen LogP contribution in [0.5, 0.6) is 0 Å². The van der Waals surface area contributed by atoms with Gasteiger partial charge in [0, 0.05) is 82.0 Å². The topological polar surface area (TPSA) is 34.9 Å². The first kappa shape index (κ1) is 18.9. The van der Waals surface area contributed by atoms with E-state index in [1.165, 1.54) is 24.6 Å². The largest absolute Gasteiger partial charge is 0.395 e.